The van der Waals surface area contributed by atoms with E-state index >= 15 is 0 Å². The molecule has 0 saturated heterocycles. The van der Waals surface area contributed by atoms with Crippen LogP contribution >= 0.6 is 38.5 Å². The number of ether oxygens (including phenoxy) is 1. The molecule has 1 aromatic carbocycles. The first-order valence-corrected chi connectivity index (χ1v) is 16.6. The van der Waals surface area contributed by atoms with Crippen molar-refractivity contribution in [1.29, 1.82) is 0 Å². The van der Waals surface area contributed by atoms with Crippen molar-refractivity contribution in [1.82, 2.24) is 0 Å². The Morgan fingerprint density at radius 2 is 1.84 bits per heavy atom. The number of carbonyl (C=O) groups is 1. The van der Waals surface area contributed by atoms with Gasteiger partial charge in [-0.2, -0.15) is 0 Å². The summed E-state index contributed by atoms with van der Waals surface area (Å²) in [4.78, 5) is 12.0. The molecule has 0 bridgehead atoms. The van der Waals surface area contributed by atoms with Gasteiger partial charge in [-0.3, -0.25) is 0 Å². The average molecular weight is 460 g/mol. The zero-order valence-electron chi connectivity index (χ0n) is 10.2. The summed E-state index contributed by atoms with van der Waals surface area (Å²) in [5, 5.41) is -0.352. The third-order valence-corrected chi connectivity index (χ3v) is 7.56. The Morgan fingerprint density at radius 1 is 1.26 bits per heavy atom. The molecule has 0 spiro atoms. The van der Waals surface area contributed by atoms with Gasteiger partial charge in [-0.25, -0.2) is 0 Å². The molecule has 0 unspecified atom stereocenters. The van der Waals surface area contributed by atoms with Crippen molar-refractivity contribution < 1.29 is 9.53 Å². The van der Waals surface area contributed by atoms with E-state index in [0.29, 0.717) is 12.0 Å². The van der Waals surface area contributed by atoms with Crippen molar-refractivity contribution in [2.45, 2.75) is 29.3 Å². The number of benzene rings is 1. The van der Waals surface area contributed by atoms with Gasteiger partial charge in [-0.15, -0.1) is 0 Å². The van der Waals surface area contributed by atoms with Crippen molar-refractivity contribution in [2.24, 2.45) is 0 Å². The molecular formula is C12H14Cl4O2Te. The van der Waals surface area contributed by atoms with Crippen molar-refractivity contribution in [3.05, 3.63) is 35.9 Å². The molecule has 0 fully saturated rings. The van der Waals surface area contributed by atoms with Gasteiger partial charge in [0.15, 0.2) is 0 Å². The van der Waals surface area contributed by atoms with E-state index in [0.717, 1.165) is 0 Å². The van der Waals surface area contributed by atoms with Crippen molar-refractivity contribution in [3.63, 3.8) is 0 Å². The van der Waals surface area contributed by atoms with Crippen LogP contribution in [0.1, 0.15) is 23.7 Å². The summed E-state index contributed by atoms with van der Waals surface area (Å²) in [6, 6.07) is 8.69. The Kier molecular flexibility index (Phi) is 7.61. The second kappa shape index (κ2) is 8.17. The molecule has 0 heterocycles. The van der Waals surface area contributed by atoms with Crippen molar-refractivity contribution in [2.75, 3.05) is 0 Å². The van der Waals surface area contributed by atoms with Crippen LogP contribution in [0.15, 0.2) is 30.3 Å². The van der Waals surface area contributed by atoms with E-state index < -0.39 is 26.9 Å². The Labute approximate surface area is 133 Å². The van der Waals surface area contributed by atoms with E-state index in [-0.39, 0.29) is 9.85 Å². The van der Waals surface area contributed by atoms with Crippen LogP contribution < -0.4 is 0 Å². The van der Waals surface area contributed by atoms with Crippen LogP contribution in [-0.2, 0) is 4.74 Å². The van der Waals surface area contributed by atoms with Crippen LogP contribution in [0.5, 0.6) is 0 Å². The predicted octanol–water partition coefficient (Wildman–Crippen LogP) is 4.88. The Morgan fingerprint density at radius 3 is 2.32 bits per heavy atom. The minimum atomic E-state index is -3.43. The van der Waals surface area contributed by atoms with E-state index in [2.05, 4.69) is 0 Å². The standard InChI is InChI=1S/C12H14Cl4O2Te/c1-2-10(13)11(8-19(14,15)16)18-12(17)9-6-4-3-5-7-9/h3-7,10-11H,2,8H2,1H3/t10-,11+/m1/s1. The van der Waals surface area contributed by atoms with Crippen molar-refractivity contribution in [3.8, 4) is 0 Å². The molecule has 0 aromatic heterocycles. The maximum absolute atomic E-state index is 12.0. The molecule has 108 valence electrons. The quantitative estimate of drug-likeness (QED) is 0.344. The van der Waals surface area contributed by atoms with E-state index in [1.54, 1.807) is 24.3 Å². The third-order valence-electron chi connectivity index (χ3n) is 2.41. The van der Waals surface area contributed by atoms with E-state index in [9.17, 15) is 4.79 Å². The zero-order chi connectivity index (χ0) is 14.5. The Bertz CT molecular complexity index is 408. The second-order valence-corrected chi connectivity index (χ2v) is 22.1. The molecule has 0 amide bonds. The molecule has 0 aliphatic carbocycles. The maximum atomic E-state index is 12.0. The summed E-state index contributed by atoms with van der Waals surface area (Å²) < 4.78 is 5.63. The van der Waals surface area contributed by atoms with Gasteiger partial charge in [-0.05, 0) is 0 Å². The zero-order valence-corrected chi connectivity index (χ0v) is 15.5. The molecule has 2 nitrogen and oxygen atoms in total. The molecule has 0 aliphatic heterocycles. The first-order valence-electron chi connectivity index (χ1n) is 5.63. The molecule has 19 heavy (non-hydrogen) atoms. The summed E-state index contributed by atoms with van der Waals surface area (Å²) in [7, 11) is 17.8. The van der Waals surface area contributed by atoms with Crippen LogP contribution in [0.25, 0.3) is 0 Å². The number of esters is 1. The molecule has 0 aliphatic rings. The second-order valence-electron chi connectivity index (χ2n) is 3.90. The van der Waals surface area contributed by atoms with Crippen LogP contribution in [0.4, 0.5) is 0 Å². The van der Waals surface area contributed by atoms with E-state index in [1.165, 1.54) is 0 Å². The van der Waals surface area contributed by atoms with Crippen molar-refractivity contribution >= 4 is 59.3 Å². The van der Waals surface area contributed by atoms with Gasteiger partial charge >= 0.3 is 134 Å². The number of hydrogen-bond donors (Lipinski definition) is 0. The van der Waals surface area contributed by atoms with Gasteiger partial charge in [0, 0.05) is 0 Å². The van der Waals surface area contributed by atoms with Gasteiger partial charge in [0.05, 0.1) is 0 Å². The van der Waals surface area contributed by atoms with E-state index in [4.69, 9.17) is 43.2 Å². The summed E-state index contributed by atoms with van der Waals surface area (Å²) in [6.45, 7) is 1.90. The van der Waals surface area contributed by atoms with Gasteiger partial charge in [0.2, 0.25) is 0 Å². The number of hydrogen-bond acceptors (Lipinski definition) is 2. The number of alkyl halides is 1. The first kappa shape index (κ1) is 17.7. The fourth-order valence-corrected chi connectivity index (χ4v) is 6.33. The Balaban J connectivity index is 2.75. The molecular weight excluding hydrogens is 446 g/mol. The first-order chi connectivity index (χ1) is 8.83. The van der Waals surface area contributed by atoms with Crippen LogP contribution in [0.2, 0.25) is 4.47 Å². The number of rotatable bonds is 6. The van der Waals surface area contributed by atoms with Gasteiger partial charge in [0.1, 0.15) is 0 Å². The summed E-state index contributed by atoms with van der Waals surface area (Å²) >= 11 is 2.72. The monoisotopic (exact) mass is 460 g/mol. The molecule has 0 saturated carbocycles. The fourth-order valence-electron chi connectivity index (χ4n) is 1.44. The fraction of sp³-hybridized carbons (Fsp3) is 0.417. The van der Waals surface area contributed by atoms with Crippen LogP contribution in [-0.4, -0.2) is 32.3 Å². The summed E-state index contributed by atoms with van der Waals surface area (Å²) in [6.07, 6.45) is 0.0746. The van der Waals surface area contributed by atoms with Crippen LogP contribution in [0, 0.1) is 0 Å². The molecule has 2 atom stereocenters. The van der Waals surface area contributed by atoms with Gasteiger partial charge in [-0.1, -0.05) is 0 Å². The summed E-state index contributed by atoms with van der Waals surface area (Å²) in [5.74, 6) is -0.443. The average Bonchev–Trinajstić information content (AvgIpc) is 2.36. The molecule has 7 heteroatoms. The normalized spacial score (nSPS) is 15.6. The summed E-state index contributed by atoms with van der Waals surface area (Å²) in [5.41, 5.74) is 0.463. The van der Waals surface area contributed by atoms with Gasteiger partial charge in [0.25, 0.3) is 0 Å². The van der Waals surface area contributed by atoms with Crippen LogP contribution in [0.3, 0.4) is 0 Å². The minimum absolute atomic E-state index is 0.244. The molecule has 1 aromatic rings. The predicted molar refractivity (Wildman–Crippen MR) is 83.7 cm³/mol. The Hall–Kier alpha value is 0.640. The molecule has 1 rings (SSSR count). The van der Waals surface area contributed by atoms with Gasteiger partial charge < -0.3 is 0 Å². The number of halogens is 4. The number of carbonyl (C=O) groups excluding carboxylic acids is 1. The molecule has 0 radical (unpaired) electrons. The topological polar surface area (TPSA) is 26.3 Å². The molecule has 0 N–H and O–H groups in total. The third kappa shape index (κ3) is 6.76. The SMILES string of the molecule is CC[C@@H](Cl)[C@H](C[Te](Cl)(Cl)Cl)OC(=O)c1ccccc1. The van der Waals surface area contributed by atoms with E-state index in [1.807, 2.05) is 13.0 Å².